The van der Waals surface area contributed by atoms with Crippen LogP contribution in [-0.4, -0.2) is 36.2 Å². The summed E-state index contributed by atoms with van der Waals surface area (Å²) < 4.78 is 5.10. The molecule has 0 aromatic heterocycles. The van der Waals surface area contributed by atoms with Gasteiger partial charge in [-0.1, -0.05) is 12.1 Å². The van der Waals surface area contributed by atoms with Crippen LogP contribution in [0, 0.1) is 0 Å². The molecule has 2 rings (SSSR count). The number of para-hydroxylation sites is 1. The van der Waals surface area contributed by atoms with Gasteiger partial charge in [-0.25, -0.2) is 0 Å². The number of hydrogen-bond acceptors (Lipinski definition) is 4. The summed E-state index contributed by atoms with van der Waals surface area (Å²) in [6.45, 7) is 2.68. The first-order valence-corrected chi connectivity index (χ1v) is 6.03. The van der Waals surface area contributed by atoms with Gasteiger partial charge in [0.25, 0.3) is 0 Å². The molecular formula is C13H20N2O2. The molecule has 0 saturated carbocycles. The Labute approximate surface area is 102 Å². The Morgan fingerprint density at radius 2 is 2.35 bits per heavy atom. The Bertz CT molecular complexity index is 382. The fourth-order valence-corrected chi connectivity index (χ4v) is 2.34. The number of nitrogens with two attached hydrogens (primary N) is 1. The molecule has 0 spiro atoms. The van der Waals surface area contributed by atoms with Crippen LogP contribution in [-0.2, 0) is 6.54 Å². The largest absolute Gasteiger partial charge is 0.504 e. The Balaban J connectivity index is 2.07. The van der Waals surface area contributed by atoms with Crippen LogP contribution in [0.3, 0.4) is 0 Å². The highest BCUT2D eigenvalue weighted by Crippen LogP contribution is 2.30. The highest BCUT2D eigenvalue weighted by atomic mass is 16.5. The molecule has 4 heteroatoms. The van der Waals surface area contributed by atoms with Crippen molar-refractivity contribution in [3.05, 3.63) is 23.8 Å². The summed E-state index contributed by atoms with van der Waals surface area (Å²) in [4.78, 5) is 2.28. The van der Waals surface area contributed by atoms with Crippen LogP contribution in [0.5, 0.6) is 11.5 Å². The zero-order chi connectivity index (χ0) is 12.3. The Morgan fingerprint density at radius 3 is 3.06 bits per heavy atom. The average molecular weight is 236 g/mol. The molecule has 0 radical (unpaired) electrons. The molecule has 1 atom stereocenters. The average Bonchev–Trinajstić information content (AvgIpc) is 2.32. The summed E-state index contributed by atoms with van der Waals surface area (Å²) in [7, 11) is 1.57. The minimum absolute atomic E-state index is 0.245. The van der Waals surface area contributed by atoms with Crippen molar-refractivity contribution in [2.24, 2.45) is 5.73 Å². The van der Waals surface area contributed by atoms with Crippen molar-refractivity contribution >= 4 is 0 Å². The van der Waals surface area contributed by atoms with Crippen molar-refractivity contribution < 1.29 is 9.84 Å². The van der Waals surface area contributed by atoms with E-state index >= 15 is 0 Å². The number of phenolic OH excluding ortho intramolecular Hbond substituents is 1. The van der Waals surface area contributed by atoms with Gasteiger partial charge in [0.05, 0.1) is 7.11 Å². The normalized spacial score (nSPS) is 21.4. The molecule has 1 aromatic rings. The first-order valence-electron chi connectivity index (χ1n) is 6.03. The van der Waals surface area contributed by atoms with Crippen molar-refractivity contribution in [3.8, 4) is 11.5 Å². The lowest BCUT2D eigenvalue weighted by Gasteiger charge is -2.30. The molecular weight excluding hydrogens is 216 g/mol. The van der Waals surface area contributed by atoms with Crippen molar-refractivity contribution in [2.75, 3.05) is 20.2 Å². The van der Waals surface area contributed by atoms with Crippen LogP contribution < -0.4 is 10.5 Å². The number of phenols is 1. The Kier molecular flexibility index (Phi) is 3.86. The predicted molar refractivity (Wildman–Crippen MR) is 67.1 cm³/mol. The van der Waals surface area contributed by atoms with Crippen molar-refractivity contribution in [1.82, 2.24) is 4.90 Å². The van der Waals surface area contributed by atoms with Gasteiger partial charge in [0, 0.05) is 24.7 Å². The third kappa shape index (κ3) is 2.90. The highest BCUT2D eigenvalue weighted by Gasteiger charge is 2.18. The van der Waals surface area contributed by atoms with Gasteiger partial charge >= 0.3 is 0 Å². The van der Waals surface area contributed by atoms with Gasteiger partial charge in [-0.05, 0) is 25.5 Å². The molecule has 0 unspecified atom stereocenters. The first kappa shape index (κ1) is 12.2. The summed E-state index contributed by atoms with van der Waals surface area (Å²) in [5.41, 5.74) is 6.85. The number of aromatic hydroxyl groups is 1. The van der Waals surface area contributed by atoms with Gasteiger partial charge in [0.1, 0.15) is 0 Å². The Hall–Kier alpha value is -1.26. The fourth-order valence-electron chi connectivity index (χ4n) is 2.34. The zero-order valence-corrected chi connectivity index (χ0v) is 10.2. The maximum absolute atomic E-state index is 10.0. The smallest absolute Gasteiger partial charge is 0.162 e. The molecule has 0 amide bonds. The third-order valence-electron chi connectivity index (χ3n) is 3.24. The maximum Gasteiger partial charge on any atom is 0.162 e. The van der Waals surface area contributed by atoms with Crippen LogP contribution in [0.4, 0.5) is 0 Å². The van der Waals surface area contributed by atoms with Gasteiger partial charge in [0.2, 0.25) is 0 Å². The number of rotatable bonds is 3. The number of benzene rings is 1. The molecule has 1 aliphatic heterocycles. The number of ether oxygens (including phenoxy) is 1. The van der Waals surface area contributed by atoms with Gasteiger partial charge in [-0.3, -0.25) is 4.90 Å². The highest BCUT2D eigenvalue weighted by molar-refractivity contribution is 5.45. The van der Waals surface area contributed by atoms with E-state index in [0.29, 0.717) is 5.75 Å². The minimum atomic E-state index is 0.245. The molecule has 1 fully saturated rings. The molecule has 1 aliphatic rings. The Morgan fingerprint density at radius 1 is 1.53 bits per heavy atom. The number of likely N-dealkylation sites (tertiary alicyclic amines) is 1. The molecule has 94 valence electrons. The molecule has 0 bridgehead atoms. The van der Waals surface area contributed by atoms with Crippen LogP contribution >= 0.6 is 0 Å². The van der Waals surface area contributed by atoms with E-state index in [0.717, 1.165) is 38.0 Å². The van der Waals surface area contributed by atoms with E-state index in [2.05, 4.69) is 4.90 Å². The summed E-state index contributed by atoms with van der Waals surface area (Å²) in [5.74, 6) is 0.776. The second kappa shape index (κ2) is 5.38. The van der Waals surface area contributed by atoms with E-state index < -0.39 is 0 Å². The van der Waals surface area contributed by atoms with Crippen LogP contribution in [0.1, 0.15) is 18.4 Å². The lowest BCUT2D eigenvalue weighted by atomic mass is 10.1. The fraction of sp³-hybridized carbons (Fsp3) is 0.538. The monoisotopic (exact) mass is 236 g/mol. The van der Waals surface area contributed by atoms with Crippen LogP contribution in [0.2, 0.25) is 0 Å². The van der Waals surface area contributed by atoms with Gasteiger partial charge in [-0.15, -0.1) is 0 Å². The van der Waals surface area contributed by atoms with Crippen LogP contribution in [0.15, 0.2) is 18.2 Å². The van der Waals surface area contributed by atoms with E-state index in [1.807, 2.05) is 12.1 Å². The van der Waals surface area contributed by atoms with Gasteiger partial charge < -0.3 is 15.6 Å². The third-order valence-corrected chi connectivity index (χ3v) is 3.24. The first-order chi connectivity index (χ1) is 8.20. The van der Waals surface area contributed by atoms with Crippen molar-refractivity contribution in [2.45, 2.75) is 25.4 Å². The number of nitrogens with zero attached hydrogens (tertiary/aromatic N) is 1. The van der Waals surface area contributed by atoms with Gasteiger partial charge in [-0.2, -0.15) is 0 Å². The molecule has 1 saturated heterocycles. The van der Waals surface area contributed by atoms with Crippen molar-refractivity contribution in [1.29, 1.82) is 0 Å². The van der Waals surface area contributed by atoms with E-state index in [1.165, 1.54) is 0 Å². The second-order valence-electron chi connectivity index (χ2n) is 4.61. The number of hydrogen-bond donors (Lipinski definition) is 2. The van der Waals surface area contributed by atoms with Gasteiger partial charge in [0.15, 0.2) is 11.5 Å². The van der Waals surface area contributed by atoms with E-state index in [-0.39, 0.29) is 11.8 Å². The molecule has 0 aliphatic carbocycles. The molecule has 1 heterocycles. The summed E-state index contributed by atoms with van der Waals surface area (Å²) >= 11 is 0. The molecule has 4 nitrogen and oxygen atoms in total. The molecule has 1 aromatic carbocycles. The topological polar surface area (TPSA) is 58.7 Å². The maximum atomic E-state index is 10.0. The lowest BCUT2D eigenvalue weighted by Crippen LogP contribution is -2.42. The number of methoxy groups -OCH3 is 1. The second-order valence-corrected chi connectivity index (χ2v) is 4.61. The SMILES string of the molecule is COc1cccc(CN2CCC[C@@H](N)C2)c1O. The van der Waals surface area contributed by atoms with Crippen molar-refractivity contribution in [3.63, 3.8) is 0 Å². The summed E-state index contributed by atoms with van der Waals surface area (Å²) in [6.07, 6.45) is 2.23. The van der Waals surface area contributed by atoms with E-state index in [4.69, 9.17) is 10.5 Å². The minimum Gasteiger partial charge on any atom is -0.504 e. The van der Waals surface area contributed by atoms with E-state index in [9.17, 15) is 5.11 Å². The molecule has 3 N–H and O–H groups in total. The van der Waals surface area contributed by atoms with Crippen LogP contribution in [0.25, 0.3) is 0 Å². The lowest BCUT2D eigenvalue weighted by molar-refractivity contribution is 0.199. The standard InChI is InChI=1S/C13H20N2O2/c1-17-12-6-2-4-10(13(12)16)8-15-7-3-5-11(14)9-15/h2,4,6,11,16H,3,5,7-9,14H2,1H3/t11-/m1/s1. The molecule has 17 heavy (non-hydrogen) atoms. The number of piperidine rings is 1. The quantitative estimate of drug-likeness (QED) is 0.831. The zero-order valence-electron chi connectivity index (χ0n) is 10.2. The van der Waals surface area contributed by atoms with E-state index in [1.54, 1.807) is 13.2 Å². The summed E-state index contributed by atoms with van der Waals surface area (Å²) in [6, 6.07) is 5.85. The summed E-state index contributed by atoms with van der Waals surface area (Å²) in [5, 5.41) is 10.0. The predicted octanol–water partition coefficient (Wildman–Crippen LogP) is 1.32.